The minimum absolute atomic E-state index is 0. The minimum Gasteiger partial charge on any atom is -0.305 e. The molecule has 6 aromatic carbocycles. The van der Waals surface area contributed by atoms with E-state index in [9.17, 15) is 0 Å². The summed E-state index contributed by atoms with van der Waals surface area (Å²) in [6.45, 7) is 0. The first-order chi connectivity index (χ1) is 22.3. The van der Waals surface area contributed by atoms with Crippen LogP contribution in [0.15, 0.2) is 158 Å². The van der Waals surface area contributed by atoms with E-state index < -0.39 is 5.41 Å². The van der Waals surface area contributed by atoms with Gasteiger partial charge in [-0.1, -0.05) is 132 Å². The van der Waals surface area contributed by atoms with Crippen molar-refractivity contribution in [3.8, 4) is 33.6 Å². The van der Waals surface area contributed by atoms with Crippen LogP contribution in [0.1, 0.15) is 22.3 Å². The standard InChI is InChI=1S/C43H26N2.Pt/c1-3-15-33-29(13-1)25-31(27-37(33)41-21-9-11-23-44-41)43(39-19-7-5-17-35(39)36-18-6-8-20-40(36)43)32-26-30-14-2-4-16-34(30)38(28-32)42-22-10-12-24-45-42;/h1-26H;/q-2;+2. The van der Waals surface area contributed by atoms with E-state index in [-0.39, 0.29) is 21.1 Å². The Morgan fingerprint density at radius 3 is 1.30 bits per heavy atom. The van der Waals surface area contributed by atoms with Gasteiger partial charge in [0, 0.05) is 17.8 Å². The first-order valence-electron chi connectivity index (χ1n) is 15.3. The summed E-state index contributed by atoms with van der Waals surface area (Å²) in [5.41, 5.74) is 10.2. The van der Waals surface area contributed by atoms with E-state index in [1.54, 1.807) is 0 Å². The van der Waals surface area contributed by atoms with Crippen LogP contribution in [0.25, 0.3) is 55.2 Å². The molecule has 218 valence electrons. The summed E-state index contributed by atoms with van der Waals surface area (Å²) in [7, 11) is 0. The van der Waals surface area contributed by atoms with Gasteiger partial charge in [0.15, 0.2) is 0 Å². The summed E-state index contributed by atoms with van der Waals surface area (Å²) in [4.78, 5) is 9.60. The molecule has 46 heavy (non-hydrogen) atoms. The molecule has 0 bridgehead atoms. The largest absolute Gasteiger partial charge is 2.00 e. The van der Waals surface area contributed by atoms with Crippen molar-refractivity contribution >= 4 is 21.5 Å². The third-order valence-corrected chi connectivity index (χ3v) is 9.18. The monoisotopic (exact) mass is 765 g/mol. The minimum atomic E-state index is -0.686. The summed E-state index contributed by atoms with van der Waals surface area (Å²) < 4.78 is 0. The summed E-state index contributed by atoms with van der Waals surface area (Å²) in [6, 6.07) is 59.5. The molecule has 0 amide bonds. The molecule has 0 atom stereocenters. The summed E-state index contributed by atoms with van der Waals surface area (Å²) >= 11 is 0. The molecule has 0 radical (unpaired) electrons. The van der Waals surface area contributed by atoms with Crippen LogP contribution in [-0.2, 0) is 26.5 Å². The molecule has 8 aromatic rings. The number of pyridine rings is 2. The Hall–Kier alpha value is -5.17. The Morgan fingerprint density at radius 2 is 0.848 bits per heavy atom. The Morgan fingerprint density at radius 1 is 0.435 bits per heavy atom. The number of rotatable bonds is 4. The maximum Gasteiger partial charge on any atom is 2.00 e. The predicted octanol–water partition coefficient (Wildman–Crippen LogP) is 10.1. The summed E-state index contributed by atoms with van der Waals surface area (Å²) in [6.07, 6.45) is 3.72. The van der Waals surface area contributed by atoms with Gasteiger partial charge >= 0.3 is 21.1 Å². The molecular formula is C43H26N2Pt. The third-order valence-electron chi connectivity index (χ3n) is 9.18. The quantitative estimate of drug-likeness (QED) is 0.167. The average Bonchev–Trinajstić information content (AvgIpc) is 3.42. The van der Waals surface area contributed by atoms with E-state index in [1.165, 1.54) is 22.3 Å². The molecular weight excluding hydrogens is 740 g/mol. The smallest absolute Gasteiger partial charge is 0.305 e. The SMILES string of the molecule is [Pt+2].[c-]1c(C2(c3[c-]c(-c4ccccn4)c4ccccc4c3)c3ccccc3-c3ccccc32)cc2ccccc2c1-c1ccccn1. The van der Waals surface area contributed by atoms with Gasteiger partial charge in [0.1, 0.15) is 0 Å². The average molecular weight is 766 g/mol. The maximum absolute atomic E-state index is 4.80. The fraction of sp³-hybridized carbons (Fsp3) is 0.0233. The zero-order valence-corrected chi connectivity index (χ0v) is 27.0. The molecule has 1 aliphatic carbocycles. The molecule has 0 aliphatic heterocycles. The van der Waals surface area contributed by atoms with Crippen LogP contribution in [0.2, 0.25) is 0 Å². The van der Waals surface area contributed by atoms with Crippen molar-refractivity contribution in [1.82, 2.24) is 9.97 Å². The normalized spacial score (nSPS) is 12.8. The predicted molar refractivity (Wildman–Crippen MR) is 183 cm³/mol. The number of benzene rings is 6. The second-order valence-electron chi connectivity index (χ2n) is 11.6. The van der Waals surface area contributed by atoms with Gasteiger partial charge in [0.25, 0.3) is 0 Å². The number of aromatic nitrogens is 2. The molecule has 3 heteroatoms. The van der Waals surface area contributed by atoms with Gasteiger partial charge in [-0.3, -0.25) is 0 Å². The van der Waals surface area contributed by atoms with Crippen LogP contribution >= 0.6 is 0 Å². The van der Waals surface area contributed by atoms with E-state index in [4.69, 9.17) is 9.97 Å². The van der Waals surface area contributed by atoms with E-state index in [1.807, 2.05) is 36.7 Å². The van der Waals surface area contributed by atoms with Crippen molar-refractivity contribution in [3.05, 3.63) is 192 Å². The van der Waals surface area contributed by atoms with Crippen LogP contribution in [0.3, 0.4) is 0 Å². The number of hydrogen-bond acceptors (Lipinski definition) is 2. The van der Waals surface area contributed by atoms with Crippen molar-refractivity contribution < 1.29 is 21.1 Å². The van der Waals surface area contributed by atoms with Crippen LogP contribution < -0.4 is 0 Å². The molecule has 0 unspecified atom stereocenters. The molecule has 2 nitrogen and oxygen atoms in total. The van der Waals surface area contributed by atoms with E-state index >= 15 is 0 Å². The van der Waals surface area contributed by atoms with Crippen LogP contribution in [0, 0.1) is 12.1 Å². The summed E-state index contributed by atoms with van der Waals surface area (Å²) in [5.74, 6) is 0. The molecule has 0 N–H and O–H groups in total. The second kappa shape index (κ2) is 11.3. The van der Waals surface area contributed by atoms with Crippen LogP contribution in [0.4, 0.5) is 0 Å². The Labute approximate surface area is 282 Å². The first kappa shape index (κ1) is 28.3. The van der Waals surface area contributed by atoms with Gasteiger partial charge in [-0.25, -0.2) is 0 Å². The molecule has 0 spiro atoms. The number of nitrogens with zero attached hydrogens (tertiary/aromatic N) is 2. The fourth-order valence-electron chi connectivity index (χ4n) is 7.28. The zero-order valence-electron chi connectivity index (χ0n) is 24.7. The van der Waals surface area contributed by atoms with Crippen molar-refractivity contribution in [2.45, 2.75) is 5.41 Å². The molecule has 0 saturated carbocycles. The van der Waals surface area contributed by atoms with Crippen molar-refractivity contribution in [3.63, 3.8) is 0 Å². The molecule has 2 aromatic heterocycles. The molecule has 2 heterocycles. The number of hydrogen-bond donors (Lipinski definition) is 0. The fourth-order valence-corrected chi connectivity index (χ4v) is 7.28. The van der Waals surface area contributed by atoms with Gasteiger partial charge in [-0.15, -0.1) is 57.3 Å². The molecule has 0 fully saturated rings. The zero-order chi connectivity index (χ0) is 29.8. The van der Waals surface area contributed by atoms with Crippen molar-refractivity contribution in [2.24, 2.45) is 0 Å². The van der Waals surface area contributed by atoms with Crippen molar-refractivity contribution in [2.75, 3.05) is 0 Å². The molecule has 1 aliphatic rings. The van der Waals surface area contributed by atoms with Crippen LogP contribution in [-0.4, -0.2) is 9.97 Å². The summed E-state index contributed by atoms with van der Waals surface area (Å²) in [5, 5.41) is 4.57. The Bertz CT molecular complexity index is 2210. The topological polar surface area (TPSA) is 25.8 Å². The van der Waals surface area contributed by atoms with E-state index in [0.29, 0.717) is 0 Å². The Balaban J connectivity index is 0.00000312. The van der Waals surface area contributed by atoms with Crippen LogP contribution in [0.5, 0.6) is 0 Å². The van der Waals surface area contributed by atoms with Gasteiger partial charge in [-0.05, 0) is 45.8 Å². The maximum atomic E-state index is 4.80. The second-order valence-corrected chi connectivity index (χ2v) is 11.6. The Kier molecular flexibility index (Phi) is 6.97. The molecule has 0 saturated heterocycles. The van der Waals surface area contributed by atoms with E-state index in [2.05, 4.69) is 133 Å². The third kappa shape index (κ3) is 4.21. The number of fused-ring (bicyclic) bond motifs is 5. The van der Waals surface area contributed by atoms with Gasteiger partial charge in [0.05, 0.1) is 0 Å². The van der Waals surface area contributed by atoms with Gasteiger partial charge < -0.3 is 9.97 Å². The molecule has 9 rings (SSSR count). The van der Waals surface area contributed by atoms with Gasteiger partial charge in [-0.2, -0.15) is 0 Å². The van der Waals surface area contributed by atoms with Gasteiger partial charge in [0.2, 0.25) is 0 Å². The van der Waals surface area contributed by atoms with E-state index in [0.717, 1.165) is 55.2 Å². The van der Waals surface area contributed by atoms with Crippen molar-refractivity contribution in [1.29, 1.82) is 0 Å². The first-order valence-corrected chi connectivity index (χ1v) is 15.3.